The molecular weight excluding hydrogens is 208 g/mol. The number of piperazine rings is 1. The van der Waals surface area contributed by atoms with Crippen molar-refractivity contribution in [3.63, 3.8) is 0 Å². The van der Waals surface area contributed by atoms with Crippen LogP contribution in [0.3, 0.4) is 0 Å². The lowest BCUT2D eigenvalue weighted by Gasteiger charge is -2.35. The van der Waals surface area contributed by atoms with E-state index in [2.05, 4.69) is 44.4 Å². The Hall–Kier alpha value is -0.0800. The maximum absolute atomic E-state index is 2.64. The Morgan fingerprint density at radius 3 is 1.94 bits per heavy atom. The fourth-order valence-electron chi connectivity index (χ4n) is 2.54. The van der Waals surface area contributed by atoms with Crippen LogP contribution in [0.5, 0.6) is 0 Å². The molecule has 2 nitrogen and oxygen atoms in total. The van der Waals surface area contributed by atoms with Gasteiger partial charge in [-0.05, 0) is 30.7 Å². The van der Waals surface area contributed by atoms with Crippen molar-refractivity contribution in [3.8, 4) is 0 Å². The summed E-state index contributed by atoms with van der Waals surface area (Å²) in [5, 5.41) is 0. The fraction of sp³-hybridized carbons (Fsp3) is 1.00. The van der Waals surface area contributed by atoms with Crippen molar-refractivity contribution in [2.75, 3.05) is 39.3 Å². The smallest absolute Gasteiger partial charge is 0.0110 e. The van der Waals surface area contributed by atoms with E-state index >= 15 is 0 Å². The molecule has 1 heterocycles. The van der Waals surface area contributed by atoms with Gasteiger partial charge in [0.1, 0.15) is 0 Å². The Kier molecular flexibility index (Phi) is 5.94. The van der Waals surface area contributed by atoms with Crippen molar-refractivity contribution in [1.82, 2.24) is 9.80 Å². The van der Waals surface area contributed by atoms with Crippen LogP contribution in [0.15, 0.2) is 0 Å². The third kappa shape index (κ3) is 7.05. The van der Waals surface area contributed by atoms with Gasteiger partial charge < -0.3 is 9.80 Å². The van der Waals surface area contributed by atoms with Crippen LogP contribution < -0.4 is 0 Å². The van der Waals surface area contributed by atoms with Crippen LogP contribution in [0, 0.1) is 11.3 Å². The molecular formula is C15H32N2. The highest BCUT2D eigenvalue weighted by molar-refractivity contribution is 4.73. The van der Waals surface area contributed by atoms with Gasteiger partial charge in [0.25, 0.3) is 0 Å². The monoisotopic (exact) mass is 240 g/mol. The van der Waals surface area contributed by atoms with Crippen molar-refractivity contribution < 1.29 is 0 Å². The highest BCUT2D eigenvalue weighted by Gasteiger charge is 2.17. The predicted molar refractivity (Wildman–Crippen MR) is 76.4 cm³/mol. The highest BCUT2D eigenvalue weighted by Crippen LogP contribution is 2.20. The Morgan fingerprint density at radius 2 is 1.47 bits per heavy atom. The third-order valence-electron chi connectivity index (χ3n) is 3.49. The molecule has 0 atom stereocenters. The number of hydrogen-bond donors (Lipinski definition) is 0. The Labute approximate surface area is 108 Å². The van der Waals surface area contributed by atoms with Gasteiger partial charge in [-0.2, -0.15) is 0 Å². The molecule has 0 aromatic carbocycles. The molecule has 0 radical (unpaired) electrons. The second-order valence-electron chi connectivity index (χ2n) is 7.20. The summed E-state index contributed by atoms with van der Waals surface area (Å²) in [4.78, 5) is 5.26. The summed E-state index contributed by atoms with van der Waals surface area (Å²) < 4.78 is 0. The van der Waals surface area contributed by atoms with Crippen molar-refractivity contribution >= 4 is 0 Å². The van der Waals surface area contributed by atoms with Gasteiger partial charge in [-0.15, -0.1) is 0 Å². The van der Waals surface area contributed by atoms with E-state index in [9.17, 15) is 0 Å². The number of hydrogen-bond acceptors (Lipinski definition) is 2. The minimum Gasteiger partial charge on any atom is -0.301 e. The molecule has 0 aliphatic carbocycles. The van der Waals surface area contributed by atoms with Crippen molar-refractivity contribution in [2.45, 2.75) is 47.5 Å². The molecule has 0 bridgehead atoms. The van der Waals surface area contributed by atoms with Crippen LogP contribution in [-0.2, 0) is 0 Å². The van der Waals surface area contributed by atoms with E-state index in [1.807, 2.05) is 0 Å². The van der Waals surface area contributed by atoms with E-state index in [-0.39, 0.29) is 0 Å². The first-order valence-electron chi connectivity index (χ1n) is 7.31. The van der Waals surface area contributed by atoms with E-state index < -0.39 is 0 Å². The van der Waals surface area contributed by atoms with E-state index in [4.69, 9.17) is 0 Å². The third-order valence-corrected chi connectivity index (χ3v) is 3.49. The standard InChI is InChI=1S/C15H32N2/c1-14(2)13-17-11-9-16(10-12-17)8-6-7-15(3,4)5/h14H,6-13H2,1-5H3. The van der Waals surface area contributed by atoms with Crippen LogP contribution in [0.2, 0.25) is 0 Å². The summed E-state index contributed by atoms with van der Waals surface area (Å²) in [6, 6.07) is 0. The van der Waals surface area contributed by atoms with E-state index in [0.717, 1.165) is 5.92 Å². The maximum Gasteiger partial charge on any atom is 0.0110 e. The predicted octanol–water partition coefficient (Wildman–Crippen LogP) is 3.09. The van der Waals surface area contributed by atoms with Crippen molar-refractivity contribution in [1.29, 1.82) is 0 Å². The average Bonchev–Trinajstić information content (AvgIpc) is 2.18. The van der Waals surface area contributed by atoms with Crippen LogP contribution >= 0.6 is 0 Å². The average molecular weight is 240 g/mol. The zero-order chi connectivity index (χ0) is 12.9. The normalized spacial score (nSPS) is 20.1. The Bertz CT molecular complexity index is 197. The summed E-state index contributed by atoms with van der Waals surface area (Å²) in [6.45, 7) is 19.3. The van der Waals surface area contributed by atoms with Gasteiger partial charge in [0.2, 0.25) is 0 Å². The lowest BCUT2D eigenvalue weighted by molar-refractivity contribution is 0.118. The molecule has 1 aliphatic rings. The van der Waals surface area contributed by atoms with Crippen LogP contribution in [0.25, 0.3) is 0 Å². The molecule has 1 saturated heterocycles. The second kappa shape index (κ2) is 6.75. The van der Waals surface area contributed by atoms with Crippen molar-refractivity contribution in [2.24, 2.45) is 11.3 Å². The molecule has 1 fully saturated rings. The SMILES string of the molecule is CC(C)CN1CCN(CCCC(C)(C)C)CC1. The molecule has 0 aromatic rings. The van der Waals surface area contributed by atoms with Gasteiger partial charge in [0.15, 0.2) is 0 Å². The first kappa shape index (κ1) is 15.0. The first-order valence-corrected chi connectivity index (χ1v) is 7.31. The van der Waals surface area contributed by atoms with Gasteiger partial charge in [-0.3, -0.25) is 0 Å². The maximum atomic E-state index is 2.64. The molecule has 0 N–H and O–H groups in total. The Morgan fingerprint density at radius 1 is 0.941 bits per heavy atom. The second-order valence-corrected chi connectivity index (χ2v) is 7.20. The fourth-order valence-corrected chi connectivity index (χ4v) is 2.54. The molecule has 0 aromatic heterocycles. The Balaban J connectivity index is 2.11. The largest absolute Gasteiger partial charge is 0.301 e. The zero-order valence-electron chi connectivity index (χ0n) is 12.6. The summed E-state index contributed by atoms with van der Waals surface area (Å²) in [5.74, 6) is 0.808. The van der Waals surface area contributed by atoms with Crippen LogP contribution in [0.1, 0.15) is 47.5 Å². The molecule has 0 unspecified atom stereocenters. The van der Waals surface area contributed by atoms with Crippen LogP contribution in [-0.4, -0.2) is 49.1 Å². The minimum atomic E-state index is 0.499. The summed E-state index contributed by atoms with van der Waals surface area (Å²) in [5.41, 5.74) is 0.499. The summed E-state index contributed by atoms with van der Waals surface area (Å²) >= 11 is 0. The molecule has 0 amide bonds. The topological polar surface area (TPSA) is 6.48 Å². The van der Waals surface area contributed by atoms with Crippen LogP contribution in [0.4, 0.5) is 0 Å². The lowest BCUT2D eigenvalue weighted by atomic mass is 9.90. The van der Waals surface area contributed by atoms with Crippen molar-refractivity contribution in [3.05, 3.63) is 0 Å². The summed E-state index contributed by atoms with van der Waals surface area (Å²) in [7, 11) is 0. The molecule has 2 heteroatoms. The zero-order valence-corrected chi connectivity index (χ0v) is 12.6. The number of nitrogens with zero attached hydrogens (tertiary/aromatic N) is 2. The van der Waals surface area contributed by atoms with Gasteiger partial charge in [0.05, 0.1) is 0 Å². The number of rotatable bonds is 5. The molecule has 102 valence electrons. The van der Waals surface area contributed by atoms with Gasteiger partial charge >= 0.3 is 0 Å². The molecule has 0 spiro atoms. The highest BCUT2D eigenvalue weighted by atomic mass is 15.3. The lowest BCUT2D eigenvalue weighted by Crippen LogP contribution is -2.47. The molecule has 1 rings (SSSR count). The van der Waals surface area contributed by atoms with E-state index in [1.54, 1.807) is 0 Å². The van der Waals surface area contributed by atoms with Gasteiger partial charge in [0, 0.05) is 32.7 Å². The van der Waals surface area contributed by atoms with E-state index in [0.29, 0.717) is 5.41 Å². The van der Waals surface area contributed by atoms with Gasteiger partial charge in [-0.1, -0.05) is 34.6 Å². The molecule has 17 heavy (non-hydrogen) atoms. The minimum absolute atomic E-state index is 0.499. The molecule has 1 aliphatic heterocycles. The van der Waals surface area contributed by atoms with E-state index in [1.165, 1.54) is 52.1 Å². The first-order chi connectivity index (χ1) is 7.87. The quantitative estimate of drug-likeness (QED) is 0.728. The summed E-state index contributed by atoms with van der Waals surface area (Å²) in [6.07, 6.45) is 2.70. The molecule has 0 saturated carbocycles. The van der Waals surface area contributed by atoms with Gasteiger partial charge in [-0.25, -0.2) is 0 Å².